The molecule has 3 atom stereocenters. The first kappa shape index (κ1) is 27.6. The van der Waals surface area contributed by atoms with Gasteiger partial charge in [-0.1, -0.05) is 43.5 Å². The van der Waals surface area contributed by atoms with Gasteiger partial charge in [0.25, 0.3) is 5.91 Å². The fourth-order valence-electron chi connectivity index (χ4n) is 3.96. The highest BCUT2D eigenvalue weighted by atomic mass is 35.5. The summed E-state index contributed by atoms with van der Waals surface area (Å²) in [6, 6.07) is 12.5. The maximum atomic E-state index is 13.4. The van der Waals surface area contributed by atoms with E-state index in [0.717, 1.165) is 0 Å². The number of piperazine rings is 1. The number of nitrogens with zero attached hydrogens (tertiary/aromatic N) is 2. The highest BCUT2D eigenvalue weighted by Gasteiger charge is 2.35. The predicted molar refractivity (Wildman–Crippen MR) is 142 cm³/mol. The van der Waals surface area contributed by atoms with Crippen LogP contribution in [-0.4, -0.2) is 66.0 Å². The maximum absolute atomic E-state index is 13.4. The van der Waals surface area contributed by atoms with E-state index in [1.165, 1.54) is 0 Å². The molecule has 4 amide bonds. The summed E-state index contributed by atoms with van der Waals surface area (Å²) in [6.45, 7) is 6.73. The Morgan fingerprint density at radius 2 is 1.64 bits per heavy atom. The fraction of sp³-hybridized carbons (Fsp3) is 0.423. The molecular weight excluding hydrogens is 503 g/mol. The van der Waals surface area contributed by atoms with Crippen molar-refractivity contribution in [3.05, 3.63) is 58.6 Å². The summed E-state index contributed by atoms with van der Waals surface area (Å²) in [7, 11) is 0. The molecule has 194 valence electrons. The van der Waals surface area contributed by atoms with E-state index in [2.05, 4.69) is 10.6 Å². The minimum absolute atomic E-state index is 0.0708. The molecule has 3 unspecified atom stereocenters. The minimum Gasteiger partial charge on any atom is -0.484 e. The number of halogens is 2. The van der Waals surface area contributed by atoms with Crippen LogP contribution in [0.15, 0.2) is 48.5 Å². The second kappa shape index (κ2) is 12.8. The average Bonchev–Trinajstić information content (AvgIpc) is 2.87. The first-order chi connectivity index (χ1) is 17.2. The number of urea groups is 1. The lowest BCUT2D eigenvalue weighted by Gasteiger charge is -2.41. The Kier molecular flexibility index (Phi) is 9.84. The minimum atomic E-state index is -0.682. The number of hydrogen-bond acceptors (Lipinski definition) is 4. The highest BCUT2D eigenvalue weighted by Crippen LogP contribution is 2.19. The fourth-order valence-corrected chi connectivity index (χ4v) is 4.21. The second-order valence-corrected chi connectivity index (χ2v) is 9.81. The van der Waals surface area contributed by atoms with Gasteiger partial charge >= 0.3 is 6.03 Å². The van der Waals surface area contributed by atoms with Crippen LogP contribution in [0.3, 0.4) is 0 Å². The van der Waals surface area contributed by atoms with Crippen LogP contribution >= 0.6 is 23.2 Å². The highest BCUT2D eigenvalue weighted by molar-refractivity contribution is 6.30. The van der Waals surface area contributed by atoms with E-state index < -0.39 is 6.04 Å². The van der Waals surface area contributed by atoms with Gasteiger partial charge < -0.3 is 25.2 Å². The van der Waals surface area contributed by atoms with E-state index in [-0.39, 0.29) is 36.4 Å². The molecule has 8 nitrogen and oxygen atoms in total. The molecule has 0 bridgehead atoms. The van der Waals surface area contributed by atoms with Crippen molar-refractivity contribution in [3.63, 3.8) is 0 Å². The van der Waals surface area contributed by atoms with Gasteiger partial charge in [0.15, 0.2) is 6.61 Å². The quantitative estimate of drug-likeness (QED) is 0.514. The topological polar surface area (TPSA) is 91.0 Å². The monoisotopic (exact) mass is 534 g/mol. The summed E-state index contributed by atoms with van der Waals surface area (Å²) in [5.41, 5.74) is 0.649. The third-order valence-corrected chi connectivity index (χ3v) is 6.78. The molecule has 2 aromatic rings. The molecule has 1 aliphatic heterocycles. The maximum Gasteiger partial charge on any atom is 0.322 e. The number of amides is 4. The molecule has 2 N–H and O–H groups in total. The molecule has 2 aromatic carbocycles. The normalized spacial score (nSPS) is 17.2. The van der Waals surface area contributed by atoms with E-state index in [4.69, 9.17) is 27.9 Å². The molecule has 0 spiro atoms. The Hall–Kier alpha value is -2.97. The lowest BCUT2D eigenvalue weighted by atomic mass is 9.97. The van der Waals surface area contributed by atoms with Gasteiger partial charge in [-0.15, -0.1) is 0 Å². The lowest BCUT2D eigenvalue weighted by Crippen LogP contribution is -2.60. The summed E-state index contributed by atoms with van der Waals surface area (Å²) < 4.78 is 5.52. The zero-order valence-corrected chi connectivity index (χ0v) is 22.2. The molecule has 0 aliphatic carbocycles. The number of carbonyl (C=O) groups is 3. The van der Waals surface area contributed by atoms with Crippen molar-refractivity contribution in [1.29, 1.82) is 0 Å². The smallest absolute Gasteiger partial charge is 0.322 e. The van der Waals surface area contributed by atoms with Crippen molar-refractivity contribution in [2.24, 2.45) is 5.92 Å². The van der Waals surface area contributed by atoms with Gasteiger partial charge in [-0.3, -0.25) is 9.59 Å². The Morgan fingerprint density at radius 3 is 2.22 bits per heavy atom. The third kappa shape index (κ3) is 7.51. The molecule has 1 fully saturated rings. The third-order valence-electron chi connectivity index (χ3n) is 6.27. The van der Waals surface area contributed by atoms with Crippen molar-refractivity contribution in [3.8, 4) is 5.75 Å². The van der Waals surface area contributed by atoms with Gasteiger partial charge in [0, 0.05) is 41.4 Å². The Balaban J connectivity index is 1.56. The zero-order chi connectivity index (χ0) is 26.2. The summed E-state index contributed by atoms with van der Waals surface area (Å²) in [4.78, 5) is 42.2. The molecule has 0 radical (unpaired) electrons. The molecule has 10 heteroatoms. The average molecular weight is 535 g/mol. The SMILES string of the molecule is CCC(C)C(NC(=O)COc1ccc(Cl)cc1)C(=O)N1CCN(C(=O)Nc2ccc(Cl)cc2)C(C)C1. The van der Waals surface area contributed by atoms with Crippen LogP contribution in [0.4, 0.5) is 10.5 Å². The summed E-state index contributed by atoms with van der Waals surface area (Å²) in [5, 5.41) is 6.88. The van der Waals surface area contributed by atoms with E-state index in [0.29, 0.717) is 47.5 Å². The summed E-state index contributed by atoms with van der Waals surface area (Å²) in [6.07, 6.45) is 0.716. The van der Waals surface area contributed by atoms with Crippen molar-refractivity contribution >= 4 is 46.7 Å². The Labute approximate surface area is 221 Å². The Bertz CT molecular complexity index is 1050. The van der Waals surface area contributed by atoms with E-state index >= 15 is 0 Å². The zero-order valence-electron chi connectivity index (χ0n) is 20.7. The largest absolute Gasteiger partial charge is 0.484 e. The standard InChI is InChI=1S/C26H32Cl2N4O4/c1-4-17(2)24(30-23(33)16-36-22-11-7-20(28)8-12-22)25(34)31-13-14-32(18(3)15-31)26(35)29-21-9-5-19(27)6-10-21/h5-12,17-18,24H,4,13-16H2,1-3H3,(H,29,35)(H,30,33). The number of anilines is 1. The summed E-state index contributed by atoms with van der Waals surface area (Å²) >= 11 is 11.8. The molecule has 0 saturated carbocycles. The molecule has 1 aliphatic rings. The van der Waals surface area contributed by atoms with Gasteiger partial charge in [-0.25, -0.2) is 4.79 Å². The van der Waals surface area contributed by atoms with Crippen LogP contribution in [0.2, 0.25) is 10.0 Å². The molecule has 1 heterocycles. The Morgan fingerprint density at radius 1 is 1.03 bits per heavy atom. The van der Waals surface area contributed by atoms with Crippen LogP contribution in [0.1, 0.15) is 27.2 Å². The van der Waals surface area contributed by atoms with Crippen LogP contribution in [0, 0.1) is 5.92 Å². The number of benzene rings is 2. The van der Waals surface area contributed by atoms with Crippen molar-refractivity contribution in [2.75, 3.05) is 31.6 Å². The van der Waals surface area contributed by atoms with E-state index in [1.54, 1.807) is 58.3 Å². The first-order valence-corrected chi connectivity index (χ1v) is 12.7. The van der Waals surface area contributed by atoms with Gasteiger partial charge in [0.1, 0.15) is 11.8 Å². The lowest BCUT2D eigenvalue weighted by molar-refractivity contribution is -0.140. The van der Waals surface area contributed by atoms with Crippen LogP contribution < -0.4 is 15.4 Å². The predicted octanol–water partition coefficient (Wildman–Crippen LogP) is 4.67. The molecule has 1 saturated heterocycles. The molecule has 36 heavy (non-hydrogen) atoms. The number of hydrogen-bond donors (Lipinski definition) is 2. The van der Waals surface area contributed by atoms with Gasteiger partial charge in [-0.2, -0.15) is 0 Å². The van der Waals surface area contributed by atoms with E-state index in [1.807, 2.05) is 20.8 Å². The van der Waals surface area contributed by atoms with Crippen molar-refractivity contribution in [1.82, 2.24) is 15.1 Å². The molecule has 0 aromatic heterocycles. The van der Waals surface area contributed by atoms with Crippen LogP contribution in [0.5, 0.6) is 5.75 Å². The second-order valence-electron chi connectivity index (χ2n) is 8.94. The van der Waals surface area contributed by atoms with Crippen molar-refractivity contribution < 1.29 is 19.1 Å². The van der Waals surface area contributed by atoms with Gasteiger partial charge in [0.05, 0.1) is 0 Å². The van der Waals surface area contributed by atoms with Gasteiger partial charge in [0.2, 0.25) is 5.91 Å². The van der Waals surface area contributed by atoms with Gasteiger partial charge in [-0.05, 0) is 61.4 Å². The molecular formula is C26H32Cl2N4O4. The number of rotatable bonds is 8. The van der Waals surface area contributed by atoms with Crippen molar-refractivity contribution in [2.45, 2.75) is 39.3 Å². The number of nitrogens with one attached hydrogen (secondary N) is 2. The van der Waals surface area contributed by atoms with E-state index in [9.17, 15) is 14.4 Å². The number of ether oxygens (including phenoxy) is 1. The van der Waals surface area contributed by atoms with Crippen LogP contribution in [-0.2, 0) is 9.59 Å². The molecule has 3 rings (SSSR count). The van der Waals surface area contributed by atoms with Crippen LogP contribution in [0.25, 0.3) is 0 Å². The first-order valence-electron chi connectivity index (χ1n) is 12.0. The summed E-state index contributed by atoms with van der Waals surface area (Å²) in [5.74, 6) is -0.0901. The number of carbonyl (C=O) groups excluding carboxylic acids is 3.